The highest BCUT2D eigenvalue weighted by atomic mass is 32.2. The van der Waals surface area contributed by atoms with Crippen molar-refractivity contribution >= 4 is 21.6 Å². The average molecular weight is 375 g/mol. The lowest BCUT2D eigenvalue weighted by atomic mass is 10.1. The first-order valence-corrected chi connectivity index (χ1v) is 10.3. The second-order valence-electron chi connectivity index (χ2n) is 6.72. The zero-order chi connectivity index (χ0) is 19.5. The van der Waals surface area contributed by atoms with Crippen LogP contribution in [0.15, 0.2) is 42.5 Å². The van der Waals surface area contributed by atoms with Gasteiger partial charge in [0.05, 0.1) is 11.9 Å². The van der Waals surface area contributed by atoms with Gasteiger partial charge in [0.2, 0.25) is 15.9 Å². The van der Waals surface area contributed by atoms with Crippen LogP contribution in [0.5, 0.6) is 0 Å². The molecule has 0 bridgehead atoms. The van der Waals surface area contributed by atoms with E-state index in [0.29, 0.717) is 12.2 Å². The number of nitrogens with zero attached hydrogens (tertiary/aromatic N) is 1. The Morgan fingerprint density at radius 2 is 1.65 bits per heavy atom. The van der Waals surface area contributed by atoms with E-state index < -0.39 is 16.1 Å². The fraction of sp³-hybridized carbons (Fsp3) is 0.350. The summed E-state index contributed by atoms with van der Waals surface area (Å²) in [6, 6.07) is 12.4. The number of sulfonamides is 1. The van der Waals surface area contributed by atoms with Crippen LogP contribution in [-0.2, 0) is 21.4 Å². The summed E-state index contributed by atoms with van der Waals surface area (Å²) in [5.74, 6) is -0.335. The molecule has 0 aliphatic heterocycles. The van der Waals surface area contributed by atoms with Gasteiger partial charge >= 0.3 is 0 Å². The summed E-state index contributed by atoms with van der Waals surface area (Å²) in [6.07, 6.45) is 1.12. The third-order valence-electron chi connectivity index (χ3n) is 4.26. The van der Waals surface area contributed by atoms with E-state index >= 15 is 0 Å². The first-order chi connectivity index (χ1) is 12.1. The lowest BCUT2D eigenvalue weighted by molar-refractivity contribution is -0.122. The highest BCUT2D eigenvalue weighted by Crippen LogP contribution is 2.24. The van der Waals surface area contributed by atoms with Crippen molar-refractivity contribution in [1.29, 1.82) is 0 Å². The number of amides is 1. The Balaban J connectivity index is 2.25. The standard InChI is InChI=1S/C20H26N2O3S/c1-14-10-15(2)12-19(11-14)22(26(5,24)25)17(4)20(23)21-13-18-9-7-6-8-16(18)3/h6-12,17H,13H2,1-5H3,(H,21,23)/t17-/m0/s1. The van der Waals surface area contributed by atoms with E-state index in [2.05, 4.69) is 5.32 Å². The first kappa shape index (κ1) is 20.0. The normalized spacial score (nSPS) is 12.5. The van der Waals surface area contributed by atoms with Crippen LogP contribution < -0.4 is 9.62 Å². The summed E-state index contributed by atoms with van der Waals surface area (Å²) in [4.78, 5) is 12.6. The molecule has 1 N–H and O–H groups in total. The molecule has 2 aromatic carbocycles. The van der Waals surface area contributed by atoms with Crippen molar-refractivity contribution in [2.24, 2.45) is 0 Å². The quantitative estimate of drug-likeness (QED) is 0.845. The molecule has 6 heteroatoms. The maximum Gasteiger partial charge on any atom is 0.243 e. The number of aryl methyl sites for hydroxylation is 3. The number of hydrogen-bond donors (Lipinski definition) is 1. The molecule has 0 aromatic heterocycles. The fourth-order valence-corrected chi connectivity index (χ4v) is 4.18. The number of nitrogens with one attached hydrogen (secondary N) is 1. The molecule has 0 unspecified atom stereocenters. The molecule has 0 aliphatic carbocycles. The topological polar surface area (TPSA) is 66.5 Å². The lowest BCUT2D eigenvalue weighted by Gasteiger charge is -2.29. The molecule has 0 spiro atoms. The van der Waals surface area contributed by atoms with Crippen molar-refractivity contribution in [1.82, 2.24) is 5.32 Å². The van der Waals surface area contributed by atoms with Crippen molar-refractivity contribution in [2.45, 2.75) is 40.3 Å². The van der Waals surface area contributed by atoms with Gasteiger partial charge in [-0.15, -0.1) is 0 Å². The summed E-state index contributed by atoms with van der Waals surface area (Å²) in [5, 5.41) is 2.85. The zero-order valence-electron chi connectivity index (χ0n) is 15.9. The fourth-order valence-electron chi connectivity index (χ4n) is 3.03. The van der Waals surface area contributed by atoms with Gasteiger partial charge in [-0.2, -0.15) is 0 Å². The van der Waals surface area contributed by atoms with E-state index in [1.54, 1.807) is 19.1 Å². The summed E-state index contributed by atoms with van der Waals surface area (Å²) in [6.45, 7) is 7.75. The smallest absolute Gasteiger partial charge is 0.243 e. The van der Waals surface area contributed by atoms with Crippen molar-refractivity contribution in [3.8, 4) is 0 Å². The van der Waals surface area contributed by atoms with E-state index in [0.717, 1.165) is 28.5 Å². The van der Waals surface area contributed by atoms with Gasteiger partial charge in [-0.25, -0.2) is 8.42 Å². The van der Waals surface area contributed by atoms with Gasteiger partial charge in [-0.3, -0.25) is 9.10 Å². The van der Waals surface area contributed by atoms with Crippen LogP contribution in [0.25, 0.3) is 0 Å². The van der Waals surface area contributed by atoms with Gasteiger partial charge in [0.25, 0.3) is 0 Å². The summed E-state index contributed by atoms with van der Waals surface area (Å²) < 4.78 is 25.9. The Bertz CT molecular complexity index is 887. The average Bonchev–Trinajstić information content (AvgIpc) is 2.51. The molecule has 0 radical (unpaired) electrons. The third-order valence-corrected chi connectivity index (χ3v) is 5.51. The molecule has 2 aromatic rings. The Hall–Kier alpha value is -2.34. The predicted octanol–water partition coefficient (Wildman–Crippen LogP) is 3.08. The highest BCUT2D eigenvalue weighted by Gasteiger charge is 2.29. The van der Waals surface area contributed by atoms with E-state index in [1.165, 1.54) is 4.31 Å². The zero-order valence-corrected chi connectivity index (χ0v) is 16.7. The monoisotopic (exact) mass is 374 g/mol. The molecule has 0 aliphatic rings. The molecule has 140 valence electrons. The minimum Gasteiger partial charge on any atom is -0.350 e. The molecule has 1 atom stereocenters. The van der Waals surface area contributed by atoms with E-state index in [1.807, 2.05) is 51.1 Å². The van der Waals surface area contributed by atoms with Gasteiger partial charge in [-0.1, -0.05) is 30.3 Å². The molecule has 1 amide bonds. The van der Waals surface area contributed by atoms with Gasteiger partial charge in [-0.05, 0) is 62.1 Å². The molecule has 5 nitrogen and oxygen atoms in total. The van der Waals surface area contributed by atoms with Crippen molar-refractivity contribution in [2.75, 3.05) is 10.6 Å². The molecule has 26 heavy (non-hydrogen) atoms. The minimum absolute atomic E-state index is 0.335. The number of rotatable bonds is 6. The molecule has 0 saturated carbocycles. The van der Waals surface area contributed by atoms with Gasteiger partial charge in [0.1, 0.15) is 6.04 Å². The minimum atomic E-state index is -3.61. The van der Waals surface area contributed by atoms with E-state index in [4.69, 9.17) is 0 Å². The molecule has 2 rings (SSSR count). The number of hydrogen-bond acceptors (Lipinski definition) is 3. The van der Waals surface area contributed by atoms with Crippen LogP contribution in [0, 0.1) is 20.8 Å². The lowest BCUT2D eigenvalue weighted by Crippen LogP contribution is -2.47. The Kier molecular flexibility index (Phi) is 6.08. The third kappa shape index (κ3) is 4.85. The van der Waals surface area contributed by atoms with Gasteiger partial charge in [0.15, 0.2) is 0 Å². The SMILES string of the molecule is Cc1cc(C)cc(N([C@@H](C)C(=O)NCc2ccccc2C)S(C)(=O)=O)c1. The van der Waals surface area contributed by atoms with Crippen LogP contribution in [0.2, 0.25) is 0 Å². The number of benzene rings is 2. The van der Waals surface area contributed by atoms with Crippen LogP contribution >= 0.6 is 0 Å². The molecule has 0 saturated heterocycles. The van der Waals surface area contributed by atoms with Crippen LogP contribution in [0.4, 0.5) is 5.69 Å². The first-order valence-electron chi connectivity index (χ1n) is 8.49. The Morgan fingerprint density at radius 3 is 2.19 bits per heavy atom. The van der Waals surface area contributed by atoms with Crippen LogP contribution in [-0.4, -0.2) is 26.6 Å². The molecular formula is C20H26N2O3S. The number of anilines is 1. The maximum absolute atomic E-state index is 12.6. The highest BCUT2D eigenvalue weighted by molar-refractivity contribution is 7.92. The van der Waals surface area contributed by atoms with Crippen LogP contribution in [0.1, 0.15) is 29.2 Å². The van der Waals surface area contributed by atoms with Crippen molar-refractivity contribution in [3.63, 3.8) is 0 Å². The molecular weight excluding hydrogens is 348 g/mol. The van der Waals surface area contributed by atoms with Gasteiger partial charge in [0, 0.05) is 6.54 Å². The maximum atomic E-state index is 12.6. The van der Waals surface area contributed by atoms with E-state index in [9.17, 15) is 13.2 Å². The predicted molar refractivity (Wildman–Crippen MR) is 106 cm³/mol. The van der Waals surface area contributed by atoms with Gasteiger partial charge < -0.3 is 5.32 Å². The second kappa shape index (κ2) is 7.91. The van der Waals surface area contributed by atoms with Crippen LogP contribution in [0.3, 0.4) is 0 Å². The number of carbonyl (C=O) groups excluding carboxylic acids is 1. The van der Waals surface area contributed by atoms with Crippen molar-refractivity contribution < 1.29 is 13.2 Å². The Morgan fingerprint density at radius 1 is 1.08 bits per heavy atom. The summed E-state index contributed by atoms with van der Waals surface area (Å²) >= 11 is 0. The number of carbonyl (C=O) groups is 1. The van der Waals surface area contributed by atoms with Crippen molar-refractivity contribution in [3.05, 3.63) is 64.7 Å². The Labute approximate surface area is 156 Å². The summed E-state index contributed by atoms with van der Waals surface area (Å²) in [5.41, 5.74) is 4.48. The summed E-state index contributed by atoms with van der Waals surface area (Å²) in [7, 11) is -3.61. The van der Waals surface area contributed by atoms with E-state index in [-0.39, 0.29) is 5.91 Å². The largest absolute Gasteiger partial charge is 0.350 e. The molecule has 0 heterocycles. The second-order valence-corrected chi connectivity index (χ2v) is 8.58. The molecule has 0 fully saturated rings.